The molecule has 5 heteroatoms. The number of rotatable bonds is 1. The summed E-state index contributed by atoms with van der Waals surface area (Å²) in [7, 11) is 0. The van der Waals surface area contributed by atoms with Gasteiger partial charge >= 0.3 is 0 Å². The lowest BCUT2D eigenvalue weighted by Crippen LogP contribution is -2.30. The van der Waals surface area contributed by atoms with Crippen LogP contribution in [0.4, 0.5) is 0 Å². The van der Waals surface area contributed by atoms with E-state index in [9.17, 15) is 4.79 Å². The van der Waals surface area contributed by atoms with Crippen LogP contribution in [0.2, 0.25) is 0 Å². The Morgan fingerprint density at radius 1 is 1.57 bits per heavy atom. The van der Waals surface area contributed by atoms with Gasteiger partial charge in [0, 0.05) is 12.8 Å². The van der Waals surface area contributed by atoms with Crippen LogP contribution in [0.5, 0.6) is 0 Å². The first-order chi connectivity index (χ1) is 6.79. The number of ether oxygens (including phenoxy) is 1. The van der Waals surface area contributed by atoms with Crippen molar-refractivity contribution in [2.75, 3.05) is 6.61 Å². The van der Waals surface area contributed by atoms with Gasteiger partial charge in [-0.3, -0.25) is 4.79 Å². The van der Waals surface area contributed by atoms with Crippen molar-refractivity contribution in [2.45, 2.75) is 25.5 Å². The highest BCUT2D eigenvalue weighted by Gasteiger charge is 2.18. The van der Waals surface area contributed by atoms with E-state index in [1.54, 1.807) is 12.3 Å². The Hall–Kier alpha value is -0.680. The highest BCUT2D eigenvalue weighted by molar-refractivity contribution is 9.10. The van der Waals surface area contributed by atoms with Crippen molar-refractivity contribution < 1.29 is 4.74 Å². The summed E-state index contributed by atoms with van der Waals surface area (Å²) in [6.07, 6.45) is 4.44. The van der Waals surface area contributed by atoms with Crippen LogP contribution in [0.1, 0.15) is 25.5 Å². The molecule has 0 spiro atoms. The molecule has 0 aliphatic carbocycles. The highest BCUT2D eigenvalue weighted by atomic mass is 79.9. The molecule has 1 aliphatic rings. The highest BCUT2D eigenvalue weighted by Crippen LogP contribution is 2.20. The van der Waals surface area contributed by atoms with Gasteiger partial charge in [0.2, 0.25) is 0 Å². The number of hydrogen-bond donors (Lipinski definition) is 0. The second-order valence-electron chi connectivity index (χ2n) is 3.25. The third-order valence-electron chi connectivity index (χ3n) is 2.25. The predicted molar refractivity (Wildman–Crippen MR) is 55.0 cm³/mol. The lowest BCUT2D eigenvalue weighted by molar-refractivity contribution is -0.0426. The van der Waals surface area contributed by atoms with Crippen molar-refractivity contribution in [3.05, 3.63) is 27.1 Å². The topological polar surface area (TPSA) is 44.1 Å². The van der Waals surface area contributed by atoms with Crippen LogP contribution in [0.3, 0.4) is 0 Å². The fourth-order valence-corrected chi connectivity index (χ4v) is 1.83. The largest absolute Gasteiger partial charge is 0.356 e. The smallest absolute Gasteiger partial charge is 0.283 e. The van der Waals surface area contributed by atoms with E-state index in [-0.39, 0.29) is 11.8 Å². The van der Waals surface area contributed by atoms with Gasteiger partial charge in [-0.15, -0.1) is 0 Å². The maximum atomic E-state index is 11.6. The lowest BCUT2D eigenvalue weighted by Gasteiger charge is -2.23. The third kappa shape index (κ3) is 1.88. The first-order valence-corrected chi connectivity index (χ1v) is 5.43. The Morgan fingerprint density at radius 2 is 2.43 bits per heavy atom. The van der Waals surface area contributed by atoms with Crippen LogP contribution in [0, 0.1) is 0 Å². The van der Waals surface area contributed by atoms with E-state index in [0.717, 1.165) is 19.3 Å². The van der Waals surface area contributed by atoms with Crippen molar-refractivity contribution >= 4 is 15.9 Å². The number of hydrogen-bond acceptors (Lipinski definition) is 3. The van der Waals surface area contributed by atoms with Crippen molar-refractivity contribution in [3.63, 3.8) is 0 Å². The maximum absolute atomic E-state index is 11.6. The molecule has 1 unspecified atom stereocenters. The van der Waals surface area contributed by atoms with Crippen LogP contribution >= 0.6 is 15.9 Å². The molecule has 2 rings (SSSR count). The van der Waals surface area contributed by atoms with Gasteiger partial charge in [0.25, 0.3) is 5.56 Å². The molecule has 0 N–H and O–H groups in total. The number of aromatic nitrogens is 2. The van der Waals surface area contributed by atoms with Crippen molar-refractivity contribution in [1.82, 2.24) is 9.78 Å². The minimum Gasteiger partial charge on any atom is -0.356 e. The molecule has 0 bridgehead atoms. The summed E-state index contributed by atoms with van der Waals surface area (Å²) < 4.78 is 7.41. The zero-order valence-electron chi connectivity index (χ0n) is 7.65. The average molecular weight is 259 g/mol. The van der Waals surface area contributed by atoms with Crippen LogP contribution in [0.15, 0.2) is 21.5 Å². The average Bonchev–Trinajstić information content (AvgIpc) is 2.23. The van der Waals surface area contributed by atoms with Gasteiger partial charge in [-0.1, -0.05) is 0 Å². The predicted octanol–water partition coefficient (Wildman–Crippen LogP) is 1.70. The molecule has 1 aromatic rings. The second-order valence-corrected chi connectivity index (χ2v) is 4.10. The van der Waals surface area contributed by atoms with Gasteiger partial charge in [0.15, 0.2) is 6.23 Å². The van der Waals surface area contributed by atoms with Gasteiger partial charge < -0.3 is 4.74 Å². The van der Waals surface area contributed by atoms with E-state index in [2.05, 4.69) is 21.0 Å². The van der Waals surface area contributed by atoms with Crippen LogP contribution in [-0.2, 0) is 4.74 Å². The molecule has 2 heterocycles. The van der Waals surface area contributed by atoms with Crippen molar-refractivity contribution in [3.8, 4) is 0 Å². The van der Waals surface area contributed by atoms with E-state index >= 15 is 0 Å². The van der Waals surface area contributed by atoms with Crippen LogP contribution in [-0.4, -0.2) is 16.4 Å². The maximum Gasteiger partial charge on any atom is 0.283 e. The summed E-state index contributed by atoms with van der Waals surface area (Å²) in [5, 5.41) is 4.01. The van der Waals surface area contributed by atoms with Gasteiger partial charge in [0.05, 0.1) is 4.47 Å². The summed E-state index contributed by atoms with van der Waals surface area (Å²) in [6.45, 7) is 0.714. The molecule has 1 aliphatic heterocycles. The monoisotopic (exact) mass is 258 g/mol. The first kappa shape index (κ1) is 9.86. The van der Waals surface area contributed by atoms with Gasteiger partial charge in [-0.2, -0.15) is 9.78 Å². The van der Waals surface area contributed by atoms with Crippen molar-refractivity contribution in [1.29, 1.82) is 0 Å². The van der Waals surface area contributed by atoms with E-state index in [1.165, 1.54) is 4.68 Å². The summed E-state index contributed by atoms with van der Waals surface area (Å²) in [4.78, 5) is 11.6. The standard InChI is InChI=1S/C9H11BrN2O2/c10-7-4-5-11-12(9(7)13)8-3-1-2-6-14-8/h4-5,8H,1-3,6H2. The molecule has 1 fully saturated rings. The Morgan fingerprint density at radius 3 is 3.14 bits per heavy atom. The molecule has 0 aromatic carbocycles. The quantitative estimate of drug-likeness (QED) is 0.771. The summed E-state index contributed by atoms with van der Waals surface area (Å²) in [5.41, 5.74) is -0.126. The number of nitrogens with zero attached hydrogens (tertiary/aromatic N) is 2. The van der Waals surface area contributed by atoms with Gasteiger partial charge in [-0.25, -0.2) is 0 Å². The third-order valence-corrected chi connectivity index (χ3v) is 2.86. The SMILES string of the molecule is O=c1c(Br)ccnn1C1CCCCO1. The summed E-state index contributed by atoms with van der Waals surface area (Å²) in [6, 6.07) is 1.64. The molecular weight excluding hydrogens is 248 g/mol. The summed E-state index contributed by atoms with van der Waals surface area (Å²) >= 11 is 3.18. The van der Waals surface area contributed by atoms with Gasteiger partial charge in [0.1, 0.15) is 0 Å². The van der Waals surface area contributed by atoms with Crippen molar-refractivity contribution in [2.24, 2.45) is 0 Å². The molecular formula is C9H11BrN2O2. The van der Waals surface area contributed by atoms with E-state index in [1.807, 2.05) is 0 Å². The fourth-order valence-electron chi connectivity index (χ4n) is 1.53. The van der Waals surface area contributed by atoms with Crippen LogP contribution < -0.4 is 5.56 Å². The van der Waals surface area contributed by atoms with Gasteiger partial charge in [-0.05, 0) is 41.3 Å². The second kappa shape index (κ2) is 4.23. The molecule has 14 heavy (non-hydrogen) atoms. The molecule has 1 saturated heterocycles. The Kier molecular flexibility index (Phi) is 2.98. The molecule has 1 aromatic heterocycles. The van der Waals surface area contributed by atoms with Crippen LogP contribution in [0.25, 0.3) is 0 Å². The Balaban J connectivity index is 2.31. The Bertz CT molecular complexity index is 371. The number of halogens is 1. The fraction of sp³-hybridized carbons (Fsp3) is 0.556. The lowest BCUT2D eigenvalue weighted by atomic mass is 10.2. The molecule has 0 radical (unpaired) electrons. The molecule has 0 amide bonds. The van der Waals surface area contributed by atoms with E-state index in [4.69, 9.17) is 4.74 Å². The zero-order chi connectivity index (χ0) is 9.97. The zero-order valence-corrected chi connectivity index (χ0v) is 9.24. The molecule has 0 saturated carbocycles. The normalized spacial score (nSPS) is 22.2. The minimum atomic E-state index is -0.186. The Labute approximate surface area is 90.0 Å². The van der Waals surface area contributed by atoms with E-state index in [0.29, 0.717) is 11.1 Å². The molecule has 1 atom stereocenters. The van der Waals surface area contributed by atoms with E-state index < -0.39 is 0 Å². The molecule has 4 nitrogen and oxygen atoms in total. The molecule has 76 valence electrons. The summed E-state index contributed by atoms with van der Waals surface area (Å²) in [5.74, 6) is 0. The minimum absolute atomic E-state index is 0.126. The first-order valence-electron chi connectivity index (χ1n) is 4.64.